The number of nitrogens with one attached hydrogen (secondary N) is 1. The lowest BCUT2D eigenvalue weighted by Gasteiger charge is -2.32. The first-order valence-electron chi connectivity index (χ1n) is 12.0. The molecule has 3 aromatic rings. The molecule has 184 valence electrons. The van der Waals surface area contributed by atoms with E-state index in [1.807, 2.05) is 61.5 Å². The minimum atomic E-state index is -0.677. The van der Waals surface area contributed by atoms with Gasteiger partial charge in [-0.15, -0.1) is 0 Å². The Morgan fingerprint density at radius 1 is 0.914 bits per heavy atom. The molecule has 0 bridgehead atoms. The third-order valence-corrected chi connectivity index (χ3v) is 6.63. The molecule has 0 fully saturated rings. The lowest BCUT2D eigenvalue weighted by molar-refractivity contribution is -0.140. The van der Waals surface area contributed by atoms with Crippen LogP contribution in [0.2, 0.25) is 10.0 Å². The van der Waals surface area contributed by atoms with Gasteiger partial charge in [0.05, 0.1) is 6.42 Å². The average Bonchev–Trinajstić information content (AvgIpc) is 2.84. The Hall–Kier alpha value is -2.82. The summed E-state index contributed by atoms with van der Waals surface area (Å²) in [5.41, 5.74) is 3.61. The van der Waals surface area contributed by atoms with Crippen LogP contribution < -0.4 is 5.32 Å². The molecule has 6 heteroatoms. The van der Waals surface area contributed by atoms with Gasteiger partial charge in [-0.3, -0.25) is 9.59 Å². The van der Waals surface area contributed by atoms with Gasteiger partial charge in [0, 0.05) is 29.6 Å². The van der Waals surface area contributed by atoms with Crippen molar-refractivity contribution in [2.45, 2.75) is 52.1 Å². The van der Waals surface area contributed by atoms with Crippen molar-refractivity contribution in [2.24, 2.45) is 0 Å². The summed E-state index contributed by atoms with van der Waals surface area (Å²) in [6.07, 6.45) is 2.27. The number of benzene rings is 3. The fourth-order valence-electron chi connectivity index (χ4n) is 4.02. The number of hydrogen-bond acceptors (Lipinski definition) is 2. The molecule has 4 nitrogen and oxygen atoms in total. The van der Waals surface area contributed by atoms with Crippen LogP contribution in [0.25, 0.3) is 0 Å². The minimum absolute atomic E-state index is 0.0118. The van der Waals surface area contributed by atoms with Crippen molar-refractivity contribution in [3.8, 4) is 0 Å². The van der Waals surface area contributed by atoms with Gasteiger partial charge in [-0.25, -0.2) is 0 Å². The van der Waals surface area contributed by atoms with Crippen LogP contribution in [0.15, 0.2) is 72.8 Å². The largest absolute Gasteiger partial charge is 0.354 e. The highest BCUT2D eigenvalue weighted by atomic mass is 35.5. The first-order valence-corrected chi connectivity index (χ1v) is 12.7. The molecule has 0 aliphatic carbocycles. The maximum absolute atomic E-state index is 13.8. The summed E-state index contributed by atoms with van der Waals surface area (Å²) in [5, 5.41) is 3.91. The van der Waals surface area contributed by atoms with Crippen molar-refractivity contribution >= 4 is 35.0 Å². The van der Waals surface area contributed by atoms with Crippen LogP contribution in [0.4, 0.5) is 0 Å². The van der Waals surface area contributed by atoms with Gasteiger partial charge in [-0.2, -0.15) is 0 Å². The van der Waals surface area contributed by atoms with Gasteiger partial charge in [0.1, 0.15) is 6.04 Å². The first kappa shape index (κ1) is 26.8. The molecule has 0 saturated heterocycles. The number of carbonyl (C=O) groups is 2. The van der Waals surface area contributed by atoms with Crippen LogP contribution in [0.5, 0.6) is 0 Å². The van der Waals surface area contributed by atoms with Crippen molar-refractivity contribution < 1.29 is 9.59 Å². The molecule has 0 unspecified atom stereocenters. The zero-order valence-electron chi connectivity index (χ0n) is 20.3. The molecular weight excluding hydrogens is 479 g/mol. The molecule has 3 aromatic carbocycles. The second-order valence-electron chi connectivity index (χ2n) is 8.74. The van der Waals surface area contributed by atoms with E-state index in [4.69, 9.17) is 23.2 Å². The van der Waals surface area contributed by atoms with Gasteiger partial charge in [-0.1, -0.05) is 103 Å². The summed E-state index contributed by atoms with van der Waals surface area (Å²) < 4.78 is 0. The van der Waals surface area contributed by atoms with Crippen molar-refractivity contribution in [3.63, 3.8) is 0 Å². The van der Waals surface area contributed by atoms with Crippen LogP contribution in [-0.2, 0) is 29.0 Å². The number of nitrogens with zero attached hydrogens (tertiary/aromatic N) is 1. The van der Waals surface area contributed by atoms with Crippen LogP contribution in [0, 0.1) is 6.92 Å². The van der Waals surface area contributed by atoms with Gasteiger partial charge in [-0.05, 0) is 42.2 Å². The Balaban J connectivity index is 1.98. The van der Waals surface area contributed by atoms with Gasteiger partial charge in [0.25, 0.3) is 0 Å². The Bertz CT molecular complexity index is 1110. The van der Waals surface area contributed by atoms with E-state index < -0.39 is 6.04 Å². The number of hydrogen-bond donors (Lipinski definition) is 1. The van der Waals surface area contributed by atoms with Crippen LogP contribution >= 0.6 is 23.2 Å². The van der Waals surface area contributed by atoms with E-state index in [2.05, 4.69) is 12.2 Å². The number of carbonyl (C=O) groups excluding carboxylic acids is 2. The van der Waals surface area contributed by atoms with E-state index in [0.29, 0.717) is 35.1 Å². The zero-order valence-corrected chi connectivity index (χ0v) is 21.8. The molecule has 0 aliphatic heterocycles. The highest BCUT2D eigenvalue weighted by Gasteiger charge is 2.31. The normalized spacial score (nSPS) is 11.7. The van der Waals surface area contributed by atoms with Crippen LogP contribution in [-0.4, -0.2) is 29.3 Å². The summed E-state index contributed by atoms with van der Waals surface area (Å²) in [4.78, 5) is 28.9. The third kappa shape index (κ3) is 7.84. The Morgan fingerprint density at radius 3 is 2.23 bits per heavy atom. The summed E-state index contributed by atoms with van der Waals surface area (Å²) in [6.45, 7) is 4.97. The average molecular weight is 511 g/mol. The first-order chi connectivity index (χ1) is 16.9. The van der Waals surface area contributed by atoms with E-state index in [-0.39, 0.29) is 18.2 Å². The van der Waals surface area contributed by atoms with E-state index in [1.54, 1.807) is 23.1 Å². The Labute approximate surface area is 218 Å². The second-order valence-corrected chi connectivity index (χ2v) is 9.55. The zero-order chi connectivity index (χ0) is 25.2. The number of unbranched alkanes of at least 4 members (excludes halogenated alkanes) is 1. The molecule has 0 saturated carbocycles. The van der Waals surface area contributed by atoms with Crippen molar-refractivity contribution in [1.29, 1.82) is 0 Å². The summed E-state index contributed by atoms with van der Waals surface area (Å²) >= 11 is 12.8. The maximum atomic E-state index is 13.8. The fraction of sp³-hybridized carbons (Fsp3) is 0.310. The number of amides is 2. The lowest BCUT2D eigenvalue weighted by Crippen LogP contribution is -2.51. The summed E-state index contributed by atoms with van der Waals surface area (Å²) in [7, 11) is 0. The second kappa shape index (κ2) is 13.3. The molecule has 0 aromatic heterocycles. The Morgan fingerprint density at radius 2 is 1.57 bits per heavy atom. The monoisotopic (exact) mass is 510 g/mol. The SMILES string of the molecule is CCCCNC(=O)[C@H](Cc1ccccc1)N(Cc1cccc(C)c1)C(=O)Cc1c(Cl)cccc1Cl. The molecule has 0 aliphatic rings. The van der Waals surface area contributed by atoms with Gasteiger partial charge < -0.3 is 10.2 Å². The molecule has 2 amide bonds. The third-order valence-electron chi connectivity index (χ3n) is 5.93. The topological polar surface area (TPSA) is 49.4 Å². The maximum Gasteiger partial charge on any atom is 0.243 e. The fourth-order valence-corrected chi connectivity index (χ4v) is 4.55. The molecular formula is C29H32Cl2N2O2. The molecule has 35 heavy (non-hydrogen) atoms. The van der Waals surface area contributed by atoms with E-state index in [0.717, 1.165) is 29.5 Å². The predicted octanol–water partition coefficient (Wildman–Crippen LogP) is 6.40. The van der Waals surface area contributed by atoms with Gasteiger partial charge in [0.2, 0.25) is 11.8 Å². The minimum Gasteiger partial charge on any atom is -0.354 e. The van der Waals surface area contributed by atoms with E-state index >= 15 is 0 Å². The smallest absolute Gasteiger partial charge is 0.243 e. The quantitative estimate of drug-likeness (QED) is 0.303. The lowest BCUT2D eigenvalue weighted by atomic mass is 10.0. The van der Waals surface area contributed by atoms with Crippen molar-refractivity contribution in [1.82, 2.24) is 10.2 Å². The highest BCUT2D eigenvalue weighted by Crippen LogP contribution is 2.26. The predicted molar refractivity (Wildman–Crippen MR) is 144 cm³/mol. The van der Waals surface area contributed by atoms with Gasteiger partial charge in [0.15, 0.2) is 0 Å². The van der Waals surface area contributed by atoms with E-state index in [9.17, 15) is 9.59 Å². The van der Waals surface area contributed by atoms with Crippen LogP contribution in [0.1, 0.15) is 42.0 Å². The number of rotatable bonds is 11. The standard InChI is InChI=1S/C29H32Cl2N2O2/c1-3-4-16-32-29(35)27(18-22-11-6-5-7-12-22)33(20-23-13-8-10-21(2)17-23)28(34)19-24-25(30)14-9-15-26(24)31/h5-15,17,27H,3-4,16,18-20H2,1-2H3,(H,32,35)/t27-/m0/s1. The Kier molecular flexibility index (Phi) is 10.2. The summed E-state index contributed by atoms with van der Waals surface area (Å²) in [5.74, 6) is -0.360. The van der Waals surface area contributed by atoms with Crippen molar-refractivity contribution in [3.05, 3.63) is 105 Å². The molecule has 3 rings (SSSR count). The summed E-state index contributed by atoms with van der Waals surface area (Å²) in [6, 6.07) is 22.3. The number of aryl methyl sites for hydroxylation is 1. The molecule has 0 heterocycles. The molecule has 1 atom stereocenters. The highest BCUT2D eigenvalue weighted by molar-refractivity contribution is 6.36. The van der Waals surface area contributed by atoms with E-state index in [1.165, 1.54) is 0 Å². The molecule has 0 radical (unpaired) electrons. The molecule has 1 N–H and O–H groups in total. The van der Waals surface area contributed by atoms with Crippen LogP contribution in [0.3, 0.4) is 0 Å². The van der Waals surface area contributed by atoms with Gasteiger partial charge >= 0.3 is 0 Å². The molecule has 0 spiro atoms. The number of halogens is 2. The van der Waals surface area contributed by atoms with Crippen molar-refractivity contribution in [2.75, 3.05) is 6.54 Å².